The normalized spacial score (nSPS) is 10.4. The minimum atomic E-state index is -0.152. The maximum Gasteiger partial charge on any atom is 0.251 e. The van der Waals surface area contributed by atoms with Crippen LogP contribution >= 0.6 is 11.6 Å². The Morgan fingerprint density at radius 2 is 2.32 bits per heavy atom. The maximum absolute atomic E-state index is 11.8. The Kier molecular flexibility index (Phi) is 4.41. The number of carbonyl (C=O) groups is 1. The zero-order chi connectivity index (χ0) is 13.7. The highest BCUT2D eigenvalue weighted by atomic mass is 35.5. The number of carbonyl (C=O) groups excluding carboxylic acids is 1. The third-order valence-corrected chi connectivity index (χ3v) is 3.02. The van der Waals surface area contributed by atoms with E-state index in [1.54, 1.807) is 30.6 Å². The molecule has 1 aromatic carbocycles. The Labute approximate surface area is 116 Å². The molecule has 0 spiro atoms. The van der Waals surface area contributed by atoms with Gasteiger partial charge in [-0.25, -0.2) is 4.98 Å². The molecule has 0 radical (unpaired) electrons. The first-order chi connectivity index (χ1) is 9.16. The quantitative estimate of drug-likeness (QED) is 0.578. The van der Waals surface area contributed by atoms with Crippen LogP contribution in [0.25, 0.3) is 0 Å². The van der Waals surface area contributed by atoms with E-state index in [1.165, 1.54) is 0 Å². The molecule has 0 unspecified atom stereocenters. The molecule has 1 heterocycles. The minimum Gasteiger partial charge on any atom is -0.398 e. The van der Waals surface area contributed by atoms with Gasteiger partial charge in [-0.2, -0.15) is 0 Å². The zero-order valence-corrected chi connectivity index (χ0v) is 11.1. The van der Waals surface area contributed by atoms with Crippen molar-refractivity contribution in [2.45, 2.75) is 12.8 Å². The van der Waals surface area contributed by atoms with Gasteiger partial charge < -0.3 is 16.0 Å². The summed E-state index contributed by atoms with van der Waals surface area (Å²) in [5, 5.41) is 3.22. The number of anilines is 1. The molecule has 0 aliphatic carbocycles. The topological polar surface area (TPSA) is 83.8 Å². The molecule has 5 nitrogen and oxygen atoms in total. The number of nitrogen functional groups attached to an aromatic ring is 1. The van der Waals surface area contributed by atoms with Crippen molar-refractivity contribution < 1.29 is 4.79 Å². The lowest BCUT2D eigenvalue weighted by molar-refractivity contribution is 0.0953. The van der Waals surface area contributed by atoms with Gasteiger partial charge in [-0.05, 0) is 24.6 Å². The van der Waals surface area contributed by atoms with Crippen LogP contribution in [0.15, 0.2) is 30.6 Å². The van der Waals surface area contributed by atoms with Crippen LogP contribution in [-0.4, -0.2) is 22.4 Å². The highest BCUT2D eigenvalue weighted by molar-refractivity contribution is 6.33. The van der Waals surface area contributed by atoms with Gasteiger partial charge in [0.1, 0.15) is 5.82 Å². The summed E-state index contributed by atoms with van der Waals surface area (Å²) in [6.45, 7) is 0.585. The van der Waals surface area contributed by atoms with Crippen molar-refractivity contribution in [2.24, 2.45) is 0 Å². The van der Waals surface area contributed by atoms with Crippen molar-refractivity contribution in [3.63, 3.8) is 0 Å². The highest BCUT2D eigenvalue weighted by Gasteiger charge is 2.07. The van der Waals surface area contributed by atoms with E-state index in [2.05, 4.69) is 15.3 Å². The van der Waals surface area contributed by atoms with Gasteiger partial charge in [0, 0.05) is 30.9 Å². The predicted molar refractivity (Wildman–Crippen MR) is 75.1 cm³/mol. The number of amides is 1. The Balaban J connectivity index is 1.79. The van der Waals surface area contributed by atoms with Gasteiger partial charge in [0.05, 0.1) is 10.7 Å². The molecule has 2 aromatic rings. The van der Waals surface area contributed by atoms with Gasteiger partial charge in [0.25, 0.3) is 5.91 Å². The Hall–Kier alpha value is -2.01. The van der Waals surface area contributed by atoms with E-state index < -0.39 is 0 Å². The molecule has 0 aliphatic rings. The number of nitrogens with two attached hydrogens (primary N) is 1. The molecule has 1 aromatic heterocycles. The third kappa shape index (κ3) is 3.72. The van der Waals surface area contributed by atoms with Crippen LogP contribution in [0, 0.1) is 0 Å². The summed E-state index contributed by atoms with van der Waals surface area (Å²) < 4.78 is 0. The summed E-state index contributed by atoms with van der Waals surface area (Å²) in [5.74, 6) is 0.770. The van der Waals surface area contributed by atoms with Gasteiger partial charge in [-0.1, -0.05) is 11.6 Å². The second-order valence-electron chi connectivity index (χ2n) is 4.13. The molecule has 4 N–H and O–H groups in total. The van der Waals surface area contributed by atoms with Gasteiger partial charge >= 0.3 is 0 Å². The molecule has 0 fully saturated rings. The molecule has 100 valence electrons. The fraction of sp³-hybridized carbons (Fsp3) is 0.231. The molecule has 2 rings (SSSR count). The van der Waals surface area contributed by atoms with E-state index in [1.807, 2.05) is 0 Å². The number of hydrogen-bond donors (Lipinski definition) is 3. The smallest absolute Gasteiger partial charge is 0.251 e. The molecule has 6 heteroatoms. The summed E-state index contributed by atoms with van der Waals surface area (Å²) in [6, 6.07) is 4.85. The summed E-state index contributed by atoms with van der Waals surface area (Å²) in [4.78, 5) is 19.0. The largest absolute Gasteiger partial charge is 0.398 e. The first-order valence-corrected chi connectivity index (χ1v) is 6.36. The zero-order valence-electron chi connectivity index (χ0n) is 10.3. The monoisotopic (exact) mass is 278 g/mol. The fourth-order valence-corrected chi connectivity index (χ4v) is 1.84. The SMILES string of the molecule is Nc1ccc(C(=O)NCCCc2ncc[nH]2)cc1Cl. The van der Waals surface area contributed by atoms with Crippen LogP contribution in [0.3, 0.4) is 0 Å². The Morgan fingerprint density at radius 3 is 3.00 bits per heavy atom. The number of nitrogens with one attached hydrogen (secondary N) is 2. The molecule has 1 amide bonds. The van der Waals surface area contributed by atoms with E-state index in [9.17, 15) is 4.79 Å². The van der Waals surface area contributed by atoms with Crippen molar-refractivity contribution in [1.82, 2.24) is 15.3 Å². The lowest BCUT2D eigenvalue weighted by Crippen LogP contribution is -2.24. The maximum atomic E-state index is 11.8. The standard InChI is InChI=1S/C13H15ClN4O/c14-10-8-9(3-4-11(10)15)13(19)18-5-1-2-12-16-6-7-17-12/h3-4,6-8H,1-2,5,15H2,(H,16,17)(H,18,19). The second-order valence-corrected chi connectivity index (χ2v) is 4.54. The van der Waals surface area contributed by atoms with Crippen molar-refractivity contribution >= 4 is 23.2 Å². The number of rotatable bonds is 5. The first-order valence-electron chi connectivity index (χ1n) is 5.98. The van der Waals surface area contributed by atoms with Gasteiger partial charge in [-0.15, -0.1) is 0 Å². The lowest BCUT2D eigenvalue weighted by atomic mass is 10.2. The molecule has 0 saturated carbocycles. The van der Waals surface area contributed by atoms with Crippen molar-refractivity contribution in [1.29, 1.82) is 0 Å². The number of benzene rings is 1. The summed E-state index contributed by atoms with van der Waals surface area (Å²) in [5.41, 5.74) is 6.57. The van der Waals surface area contributed by atoms with Crippen molar-refractivity contribution in [3.8, 4) is 0 Å². The molecule has 0 saturated heterocycles. The van der Waals surface area contributed by atoms with Crippen molar-refractivity contribution in [3.05, 3.63) is 47.0 Å². The average molecular weight is 279 g/mol. The van der Waals surface area contributed by atoms with Gasteiger partial charge in [-0.3, -0.25) is 4.79 Å². The Bertz CT molecular complexity index is 554. The summed E-state index contributed by atoms with van der Waals surface area (Å²) >= 11 is 5.87. The molecular formula is C13H15ClN4O. The predicted octanol–water partition coefficient (Wildman–Crippen LogP) is 2.01. The van der Waals surface area contributed by atoms with E-state index in [4.69, 9.17) is 17.3 Å². The summed E-state index contributed by atoms with van der Waals surface area (Å²) in [7, 11) is 0. The second kappa shape index (κ2) is 6.24. The van der Waals surface area contributed by atoms with E-state index in [0.717, 1.165) is 18.7 Å². The van der Waals surface area contributed by atoms with Crippen LogP contribution < -0.4 is 11.1 Å². The van der Waals surface area contributed by atoms with Crippen LogP contribution in [0.4, 0.5) is 5.69 Å². The molecule has 19 heavy (non-hydrogen) atoms. The Morgan fingerprint density at radius 1 is 1.47 bits per heavy atom. The molecule has 0 bridgehead atoms. The highest BCUT2D eigenvalue weighted by Crippen LogP contribution is 2.19. The number of aromatic amines is 1. The van der Waals surface area contributed by atoms with E-state index in [0.29, 0.717) is 22.8 Å². The number of H-pyrrole nitrogens is 1. The van der Waals surface area contributed by atoms with Gasteiger partial charge in [0.2, 0.25) is 0 Å². The van der Waals surface area contributed by atoms with Crippen LogP contribution in [0.2, 0.25) is 5.02 Å². The first kappa shape index (κ1) is 13.4. The fourth-order valence-electron chi connectivity index (χ4n) is 1.66. The summed E-state index contributed by atoms with van der Waals surface area (Å²) in [6.07, 6.45) is 5.12. The van der Waals surface area contributed by atoms with Crippen molar-refractivity contribution in [2.75, 3.05) is 12.3 Å². The van der Waals surface area contributed by atoms with Crippen LogP contribution in [-0.2, 0) is 6.42 Å². The number of aryl methyl sites for hydroxylation is 1. The molecule has 0 aliphatic heterocycles. The average Bonchev–Trinajstić information content (AvgIpc) is 2.91. The minimum absolute atomic E-state index is 0.152. The van der Waals surface area contributed by atoms with Gasteiger partial charge in [0.15, 0.2) is 0 Å². The molecule has 0 atom stereocenters. The number of hydrogen-bond acceptors (Lipinski definition) is 3. The number of nitrogens with zero attached hydrogens (tertiary/aromatic N) is 1. The number of aromatic nitrogens is 2. The van der Waals surface area contributed by atoms with Crippen LogP contribution in [0.5, 0.6) is 0 Å². The number of halogens is 1. The van der Waals surface area contributed by atoms with E-state index in [-0.39, 0.29) is 5.91 Å². The number of imidazole rings is 1. The third-order valence-electron chi connectivity index (χ3n) is 2.69. The molecular weight excluding hydrogens is 264 g/mol. The van der Waals surface area contributed by atoms with Crippen LogP contribution in [0.1, 0.15) is 22.6 Å². The van der Waals surface area contributed by atoms with E-state index >= 15 is 0 Å². The lowest BCUT2D eigenvalue weighted by Gasteiger charge is -2.06.